The van der Waals surface area contributed by atoms with Gasteiger partial charge in [0, 0.05) is 6.04 Å². The number of halogens is 1. The van der Waals surface area contributed by atoms with Crippen LogP contribution in [0.5, 0.6) is 0 Å². The van der Waals surface area contributed by atoms with Crippen LogP contribution in [0.4, 0.5) is 4.39 Å². The Labute approximate surface area is 137 Å². The predicted octanol–water partition coefficient (Wildman–Crippen LogP) is 4.18. The molecule has 0 spiro atoms. The van der Waals surface area contributed by atoms with Crippen molar-refractivity contribution in [2.75, 3.05) is 0 Å². The van der Waals surface area contributed by atoms with Gasteiger partial charge in [0.25, 0.3) is 0 Å². The molecule has 0 aliphatic carbocycles. The molecule has 0 bridgehead atoms. The van der Waals surface area contributed by atoms with Crippen LogP contribution in [-0.2, 0) is 10.0 Å². The fraction of sp³-hybridized carbons (Fsp3) is 0.333. The van der Waals surface area contributed by atoms with E-state index >= 15 is 0 Å². The molecule has 0 unspecified atom stereocenters. The maximum atomic E-state index is 13.2. The largest absolute Gasteiger partial charge is 0.241 e. The summed E-state index contributed by atoms with van der Waals surface area (Å²) in [5.74, 6) is -0.442. The van der Waals surface area contributed by atoms with E-state index < -0.39 is 15.8 Å². The molecular formula is C18H22FNO2S. The highest BCUT2D eigenvalue weighted by molar-refractivity contribution is 7.89. The predicted molar refractivity (Wildman–Crippen MR) is 90.4 cm³/mol. The highest BCUT2D eigenvalue weighted by Crippen LogP contribution is 2.25. The van der Waals surface area contributed by atoms with Gasteiger partial charge in [-0.15, -0.1) is 0 Å². The molecule has 124 valence electrons. The minimum absolute atomic E-state index is 0.113. The molecule has 0 saturated heterocycles. The SMILES string of the molecule is CC[C@@H](NS(=O)(=O)c1ccc(F)cc1C)c1ccc(C)cc1C. The second kappa shape index (κ2) is 6.81. The summed E-state index contributed by atoms with van der Waals surface area (Å²) in [4.78, 5) is 0.113. The molecule has 2 rings (SSSR count). The molecule has 0 heterocycles. The standard InChI is InChI=1S/C18H22FNO2S/c1-5-17(16-8-6-12(2)10-13(16)3)20-23(21,22)18-9-7-15(19)11-14(18)4/h6-11,17,20H,5H2,1-4H3/t17-/m1/s1. The summed E-state index contributed by atoms with van der Waals surface area (Å²) in [6, 6.07) is 9.36. The summed E-state index contributed by atoms with van der Waals surface area (Å²) in [5.41, 5.74) is 3.54. The second-order valence-corrected chi connectivity index (χ2v) is 7.53. The van der Waals surface area contributed by atoms with Gasteiger partial charge in [0.1, 0.15) is 5.82 Å². The van der Waals surface area contributed by atoms with Gasteiger partial charge in [0.15, 0.2) is 0 Å². The van der Waals surface area contributed by atoms with Crippen molar-refractivity contribution in [2.45, 2.75) is 45.1 Å². The lowest BCUT2D eigenvalue weighted by Gasteiger charge is -2.20. The van der Waals surface area contributed by atoms with Crippen molar-refractivity contribution in [3.05, 3.63) is 64.5 Å². The number of aryl methyl sites for hydroxylation is 3. The van der Waals surface area contributed by atoms with Gasteiger partial charge in [-0.05, 0) is 62.1 Å². The van der Waals surface area contributed by atoms with Gasteiger partial charge in [-0.1, -0.05) is 30.7 Å². The van der Waals surface area contributed by atoms with E-state index in [0.29, 0.717) is 12.0 Å². The number of hydrogen-bond donors (Lipinski definition) is 1. The third kappa shape index (κ3) is 3.98. The first-order chi connectivity index (χ1) is 10.7. The molecule has 2 aromatic carbocycles. The Morgan fingerprint density at radius 1 is 1.04 bits per heavy atom. The molecular weight excluding hydrogens is 313 g/mol. The van der Waals surface area contributed by atoms with E-state index in [1.165, 1.54) is 18.2 Å². The van der Waals surface area contributed by atoms with Crippen molar-refractivity contribution in [1.82, 2.24) is 4.72 Å². The lowest BCUT2D eigenvalue weighted by atomic mass is 9.98. The van der Waals surface area contributed by atoms with Gasteiger partial charge >= 0.3 is 0 Å². The Bertz CT molecular complexity index is 816. The van der Waals surface area contributed by atoms with Crippen LogP contribution in [-0.4, -0.2) is 8.42 Å². The molecule has 3 nitrogen and oxygen atoms in total. The fourth-order valence-corrected chi connectivity index (χ4v) is 4.27. The van der Waals surface area contributed by atoms with Crippen molar-refractivity contribution in [3.63, 3.8) is 0 Å². The number of rotatable bonds is 5. The molecule has 0 aromatic heterocycles. The molecule has 5 heteroatoms. The Morgan fingerprint density at radius 2 is 1.74 bits per heavy atom. The van der Waals surface area contributed by atoms with E-state index in [4.69, 9.17) is 0 Å². The topological polar surface area (TPSA) is 46.2 Å². The molecule has 0 aliphatic rings. The van der Waals surface area contributed by atoms with Crippen molar-refractivity contribution in [2.24, 2.45) is 0 Å². The molecule has 0 radical (unpaired) electrons. The van der Waals surface area contributed by atoms with Crippen molar-refractivity contribution in [3.8, 4) is 0 Å². The summed E-state index contributed by atoms with van der Waals surface area (Å²) in [6.45, 7) is 7.51. The fourth-order valence-electron chi connectivity index (χ4n) is 2.75. The third-order valence-electron chi connectivity index (χ3n) is 3.93. The maximum Gasteiger partial charge on any atom is 0.241 e. The van der Waals surface area contributed by atoms with Crippen LogP contribution in [0.2, 0.25) is 0 Å². The van der Waals surface area contributed by atoms with Gasteiger partial charge in [-0.2, -0.15) is 0 Å². The second-order valence-electron chi connectivity index (χ2n) is 5.85. The Morgan fingerprint density at radius 3 is 2.30 bits per heavy atom. The molecule has 23 heavy (non-hydrogen) atoms. The van der Waals surface area contributed by atoms with Crippen LogP contribution >= 0.6 is 0 Å². The molecule has 0 saturated carbocycles. The highest BCUT2D eigenvalue weighted by atomic mass is 32.2. The van der Waals surface area contributed by atoms with Gasteiger partial charge in [-0.3, -0.25) is 0 Å². The Kier molecular flexibility index (Phi) is 5.22. The number of hydrogen-bond acceptors (Lipinski definition) is 2. The first-order valence-corrected chi connectivity index (χ1v) is 9.08. The van der Waals surface area contributed by atoms with Crippen molar-refractivity contribution in [1.29, 1.82) is 0 Å². The quantitative estimate of drug-likeness (QED) is 0.891. The average molecular weight is 335 g/mol. The molecule has 0 aliphatic heterocycles. The first-order valence-electron chi connectivity index (χ1n) is 7.60. The van der Waals surface area contributed by atoms with E-state index in [1.54, 1.807) is 6.92 Å². The minimum atomic E-state index is -3.71. The molecule has 1 N–H and O–H groups in total. The van der Waals surface area contributed by atoms with Gasteiger partial charge in [0.2, 0.25) is 10.0 Å². The van der Waals surface area contributed by atoms with Crippen LogP contribution in [0.3, 0.4) is 0 Å². The summed E-state index contributed by atoms with van der Waals surface area (Å²) in [5, 5.41) is 0. The van der Waals surface area contributed by atoms with E-state index in [9.17, 15) is 12.8 Å². The van der Waals surface area contributed by atoms with Crippen molar-refractivity contribution >= 4 is 10.0 Å². The highest BCUT2D eigenvalue weighted by Gasteiger charge is 2.23. The van der Waals surface area contributed by atoms with E-state index in [1.807, 2.05) is 39.0 Å². The third-order valence-corrected chi connectivity index (χ3v) is 5.56. The summed E-state index contributed by atoms with van der Waals surface area (Å²) < 4.78 is 41.3. The Balaban J connectivity index is 2.37. The zero-order valence-corrected chi connectivity index (χ0v) is 14.7. The maximum absolute atomic E-state index is 13.2. The van der Waals surface area contributed by atoms with Crippen LogP contribution in [0.1, 0.15) is 41.6 Å². The minimum Gasteiger partial charge on any atom is -0.207 e. The Hall–Kier alpha value is -1.72. The van der Waals surface area contributed by atoms with E-state index in [0.717, 1.165) is 16.7 Å². The van der Waals surface area contributed by atoms with Crippen molar-refractivity contribution < 1.29 is 12.8 Å². The normalized spacial score (nSPS) is 13.1. The zero-order chi connectivity index (χ0) is 17.2. The molecule has 0 fully saturated rings. The molecule has 0 amide bonds. The molecule has 2 aromatic rings. The van der Waals surface area contributed by atoms with Gasteiger partial charge in [0.05, 0.1) is 4.90 Å². The number of sulfonamides is 1. The first kappa shape index (κ1) is 17.6. The summed E-state index contributed by atoms with van der Waals surface area (Å²) in [6.07, 6.45) is 0.628. The zero-order valence-electron chi connectivity index (χ0n) is 13.9. The van der Waals surface area contributed by atoms with Crippen LogP contribution in [0, 0.1) is 26.6 Å². The molecule has 1 atom stereocenters. The van der Waals surface area contributed by atoms with Crippen LogP contribution in [0.15, 0.2) is 41.3 Å². The summed E-state index contributed by atoms with van der Waals surface area (Å²) in [7, 11) is -3.71. The van der Waals surface area contributed by atoms with Crippen LogP contribution < -0.4 is 4.72 Å². The summed E-state index contributed by atoms with van der Waals surface area (Å²) >= 11 is 0. The lowest BCUT2D eigenvalue weighted by molar-refractivity contribution is 0.548. The number of nitrogens with one attached hydrogen (secondary N) is 1. The monoisotopic (exact) mass is 335 g/mol. The lowest BCUT2D eigenvalue weighted by Crippen LogP contribution is -2.29. The average Bonchev–Trinajstić information content (AvgIpc) is 2.44. The van der Waals surface area contributed by atoms with Crippen LogP contribution in [0.25, 0.3) is 0 Å². The van der Waals surface area contributed by atoms with E-state index in [-0.39, 0.29) is 10.9 Å². The van der Waals surface area contributed by atoms with Gasteiger partial charge in [-0.25, -0.2) is 17.5 Å². The smallest absolute Gasteiger partial charge is 0.207 e. The number of benzene rings is 2. The van der Waals surface area contributed by atoms with Gasteiger partial charge < -0.3 is 0 Å². The van der Waals surface area contributed by atoms with E-state index in [2.05, 4.69) is 4.72 Å².